The second-order valence-corrected chi connectivity index (χ2v) is 10.9. The van der Waals surface area contributed by atoms with E-state index in [1.54, 1.807) is 10.8 Å². The molecule has 7 heteroatoms. The lowest BCUT2D eigenvalue weighted by Crippen LogP contribution is -2.44. The van der Waals surface area contributed by atoms with Crippen LogP contribution in [0.15, 0.2) is 61.1 Å². The fourth-order valence-electron chi connectivity index (χ4n) is 5.28. The lowest BCUT2D eigenvalue weighted by atomic mass is 9.90. The lowest BCUT2D eigenvalue weighted by Gasteiger charge is -2.40. The van der Waals surface area contributed by atoms with E-state index < -0.39 is 0 Å². The summed E-state index contributed by atoms with van der Waals surface area (Å²) in [5, 5.41) is 4.32. The fraction of sp³-hybridized carbons (Fsp3) is 0.333. The van der Waals surface area contributed by atoms with Crippen LogP contribution in [0.4, 0.5) is 0 Å². The Morgan fingerprint density at radius 1 is 0.973 bits per heavy atom. The first-order valence-corrected chi connectivity index (χ1v) is 13.0. The number of rotatable bonds is 5. The highest BCUT2D eigenvalue weighted by atomic mass is 15.3. The van der Waals surface area contributed by atoms with E-state index in [0.29, 0.717) is 0 Å². The minimum Gasteiger partial charge on any atom is -0.340 e. The molecule has 1 N–H and O–H groups in total. The van der Waals surface area contributed by atoms with Crippen LogP contribution in [0.5, 0.6) is 0 Å². The summed E-state index contributed by atoms with van der Waals surface area (Å²) in [6.45, 7) is 11.1. The largest absolute Gasteiger partial charge is 0.340 e. The SMILES string of the molecule is Cc1cccc(-c2[nH]c(CCc3cccc4c3CN(C(C)(C)C)CC4)nc2-c2ccc3ncnn3c2)n1. The summed E-state index contributed by atoms with van der Waals surface area (Å²) in [6, 6.07) is 16.9. The van der Waals surface area contributed by atoms with Gasteiger partial charge in [0.05, 0.1) is 17.1 Å². The van der Waals surface area contributed by atoms with Gasteiger partial charge in [0, 0.05) is 42.5 Å². The van der Waals surface area contributed by atoms with Gasteiger partial charge >= 0.3 is 0 Å². The van der Waals surface area contributed by atoms with Crippen LogP contribution in [-0.2, 0) is 25.8 Å². The summed E-state index contributed by atoms with van der Waals surface area (Å²) in [5.41, 5.74) is 10.1. The Morgan fingerprint density at radius 2 is 1.84 bits per heavy atom. The summed E-state index contributed by atoms with van der Waals surface area (Å²) in [7, 11) is 0. The Hall–Kier alpha value is -3.84. The molecule has 37 heavy (non-hydrogen) atoms. The molecule has 0 aliphatic carbocycles. The van der Waals surface area contributed by atoms with Crippen LogP contribution in [-0.4, -0.2) is 46.5 Å². The van der Waals surface area contributed by atoms with Gasteiger partial charge in [-0.05, 0) is 81.5 Å². The van der Waals surface area contributed by atoms with Crippen molar-refractivity contribution < 1.29 is 0 Å². The first-order chi connectivity index (χ1) is 17.8. The highest BCUT2D eigenvalue weighted by molar-refractivity contribution is 5.77. The van der Waals surface area contributed by atoms with Crippen molar-refractivity contribution in [3.63, 3.8) is 0 Å². The Bertz CT molecular complexity index is 1570. The van der Waals surface area contributed by atoms with E-state index in [4.69, 9.17) is 9.97 Å². The van der Waals surface area contributed by atoms with E-state index in [1.807, 2.05) is 37.4 Å². The molecule has 7 nitrogen and oxygen atoms in total. The van der Waals surface area contributed by atoms with Crippen LogP contribution in [0, 0.1) is 6.92 Å². The molecule has 0 atom stereocenters. The van der Waals surface area contributed by atoms with Gasteiger partial charge in [0.1, 0.15) is 12.2 Å². The number of imidazole rings is 1. The zero-order chi connectivity index (χ0) is 25.6. The molecule has 5 heterocycles. The Morgan fingerprint density at radius 3 is 2.68 bits per heavy atom. The number of hydrogen-bond acceptors (Lipinski definition) is 5. The standard InChI is InChI=1S/C30H33N7/c1-20-7-5-10-25(33-20)29-28(23-12-14-27-31-19-32-37(27)17-23)34-26(35-29)13-11-21-8-6-9-22-15-16-36(18-24(21)22)30(2,3)4/h5-10,12,14,17,19H,11,13,15-16,18H2,1-4H3,(H,34,35). The molecule has 0 radical (unpaired) electrons. The van der Waals surface area contributed by atoms with Gasteiger partial charge < -0.3 is 4.98 Å². The van der Waals surface area contributed by atoms with Crippen molar-refractivity contribution in [2.45, 2.75) is 59.0 Å². The molecule has 0 saturated heterocycles. The number of nitrogens with one attached hydrogen (secondary N) is 1. The van der Waals surface area contributed by atoms with Crippen molar-refractivity contribution in [2.75, 3.05) is 6.54 Å². The van der Waals surface area contributed by atoms with Gasteiger partial charge in [-0.15, -0.1) is 0 Å². The molecule has 1 aromatic carbocycles. The number of fused-ring (bicyclic) bond motifs is 2. The molecule has 0 unspecified atom stereocenters. The van der Waals surface area contributed by atoms with Gasteiger partial charge in [-0.25, -0.2) is 14.5 Å². The van der Waals surface area contributed by atoms with Gasteiger partial charge in [0.2, 0.25) is 0 Å². The zero-order valence-corrected chi connectivity index (χ0v) is 22.0. The average Bonchev–Trinajstić information content (AvgIpc) is 3.53. The van der Waals surface area contributed by atoms with E-state index >= 15 is 0 Å². The number of H-pyrrole nitrogens is 1. The molecule has 0 amide bonds. The van der Waals surface area contributed by atoms with Crippen LogP contribution in [0.3, 0.4) is 0 Å². The number of aromatic amines is 1. The Kier molecular flexibility index (Phi) is 5.88. The molecule has 0 spiro atoms. The molecule has 6 rings (SSSR count). The van der Waals surface area contributed by atoms with E-state index in [0.717, 1.165) is 72.2 Å². The molecule has 0 bridgehead atoms. The summed E-state index contributed by atoms with van der Waals surface area (Å²) in [6.07, 6.45) is 6.43. The van der Waals surface area contributed by atoms with Gasteiger partial charge in [-0.1, -0.05) is 24.3 Å². The second kappa shape index (κ2) is 9.23. The van der Waals surface area contributed by atoms with Crippen LogP contribution < -0.4 is 0 Å². The van der Waals surface area contributed by atoms with E-state index in [-0.39, 0.29) is 5.54 Å². The number of aromatic nitrogens is 6. The van der Waals surface area contributed by atoms with Crippen LogP contribution >= 0.6 is 0 Å². The third-order valence-electron chi connectivity index (χ3n) is 7.39. The number of hydrogen-bond donors (Lipinski definition) is 1. The molecule has 0 saturated carbocycles. The quantitative estimate of drug-likeness (QED) is 0.355. The van der Waals surface area contributed by atoms with E-state index in [1.165, 1.54) is 16.7 Å². The Balaban J connectivity index is 1.34. The van der Waals surface area contributed by atoms with Crippen molar-refractivity contribution in [1.82, 2.24) is 34.4 Å². The number of nitrogens with zero attached hydrogens (tertiary/aromatic N) is 6. The van der Waals surface area contributed by atoms with Crippen molar-refractivity contribution >= 4 is 5.65 Å². The minimum atomic E-state index is 0.168. The molecular formula is C30H33N7. The second-order valence-electron chi connectivity index (χ2n) is 10.9. The Labute approximate surface area is 217 Å². The molecule has 5 aromatic rings. The fourth-order valence-corrected chi connectivity index (χ4v) is 5.28. The lowest BCUT2D eigenvalue weighted by molar-refractivity contribution is 0.120. The third-order valence-corrected chi connectivity index (χ3v) is 7.39. The van der Waals surface area contributed by atoms with Crippen LogP contribution in [0.25, 0.3) is 28.3 Å². The van der Waals surface area contributed by atoms with Crippen molar-refractivity contribution in [3.8, 4) is 22.6 Å². The van der Waals surface area contributed by atoms with Crippen molar-refractivity contribution in [2.24, 2.45) is 0 Å². The zero-order valence-electron chi connectivity index (χ0n) is 22.0. The summed E-state index contributed by atoms with van der Waals surface area (Å²) in [4.78, 5) is 20.4. The summed E-state index contributed by atoms with van der Waals surface area (Å²) < 4.78 is 1.79. The van der Waals surface area contributed by atoms with Crippen LogP contribution in [0.1, 0.15) is 49.0 Å². The summed E-state index contributed by atoms with van der Waals surface area (Å²) >= 11 is 0. The highest BCUT2D eigenvalue weighted by Gasteiger charge is 2.27. The van der Waals surface area contributed by atoms with E-state index in [2.05, 4.69) is 65.0 Å². The number of pyridine rings is 2. The average molecular weight is 492 g/mol. The first kappa shape index (κ1) is 23.6. The number of benzene rings is 1. The highest BCUT2D eigenvalue weighted by Crippen LogP contribution is 2.31. The minimum absolute atomic E-state index is 0.168. The molecule has 4 aromatic heterocycles. The molecule has 1 aliphatic heterocycles. The molecule has 1 aliphatic rings. The monoisotopic (exact) mass is 491 g/mol. The normalized spacial score (nSPS) is 14.3. The molecular weight excluding hydrogens is 458 g/mol. The molecule has 0 fully saturated rings. The first-order valence-electron chi connectivity index (χ1n) is 13.0. The van der Waals surface area contributed by atoms with Gasteiger partial charge in [0.15, 0.2) is 5.65 Å². The van der Waals surface area contributed by atoms with Gasteiger partial charge in [-0.2, -0.15) is 5.10 Å². The third kappa shape index (κ3) is 4.67. The van der Waals surface area contributed by atoms with Crippen molar-refractivity contribution in [1.29, 1.82) is 0 Å². The predicted octanol–water partition coefficient (Wildman–Crippen LogP) is 5.43. The maximum Gasteiger partial charge on any atom is 0.155 e. The maximum atomic E-state index is 5.09. The smallest absolute Gasteiger partial charge is 0.155 e. The van der Waals surface area contributed by atoms with Gasteiger partial charge in [0.25, 0.3) is 0 Å². The van der Waals surface area contributed by atoms with E-state index in [9.17, 15) is 0 Å². The predicted molar refractivity (Wildman–Crippen MR) is 146 cm³/mol. The summed E-state index contributed by atoms with van der Waals surface area (Å²) in [5.74, 6) is 0.966. The topological polar surface area (TPSA) is 75.0 Å². The molecule has 188 valence electrons. The maximum absolute atomic E-state index is 5.09. The van der Waals surface area contributed by atoms with Gasteiger partial charge in [-0.3, -0.25) is 9.88 Å². The van der Waals surface area contributed by atoms with Crippen molar-refractivity contribution in [3.05, 3.63) is 89.3 Å². The van der Waals surface area contributed by atoms with Crippen LogP contribution in [0.2, 0.25) is 0 Å². The number of aryl methyl sites for hydroxylation is 3.